The van der Waals surface area contributed by atoms with Crippen LogP contribution in [0.3, 0.4) is 0 Å². The highest BCUT2D eigenvalue weighted by atomic mass is 35.5. The predicted molar refractivity (Wildman–Crippen MR) is 82.5 cm³/mol. The molecule has 0 saturated heterocycles. The molecule has 0 aliphatic carbocycles. The molecule has 0 spiro atoms. The van der Waals surface area contributed by atoms with Gasteiger partial charge in [-0.05, 0) is 24.3 Å². The first kappa shape index (κ1) is 18.4. The number of rotatable bonds is 5. The Kier molecular flexibility index (Phi) is 5.72. The Morgan fingerprint density at radius 1 is 1.36 bits per heavy atom. The van der Waals surface area contributed by atoms with Crippen molar-refractivity contribution in [2.75, 3.05) is 0 Å². The zero-order chi connectivity index (χ0) is 18.6. The minimum atomic E-state index is -3.03. The number of nitrogens with one attached hydrogen (secondary N) is 1. The topological polar surface area (TPSA) is 82.3 Å². The molecular formula is C16H10ClF3N2O3. The maximum Gasteiger partial charge on any atom is 0.404 e. The van der Waals surface area contributed by atoms with Crippen LogP contribution >= 0.6 is 11.6 Å². The molecule has 0 aliphatic rings. The summed E-state index contributed by atoms with van der Waals surface area (Å²) in [6.07, 6.45) is -4.42. The summed E-state index contributed by atoms with van der Waals surface area (Å²) in [5, 5.41) is 19.5. The van der Waals surface area contributed by atoms with E-state index in [1.54, 1.807) is 0 Å². The molecular weight excluding hydrogens is 361 g/mol. The van der Waals surface area contributed by atoms with Gasteiger partial charge in [-0.3, -0.25) is 0 Å². The van der Waals surface area contributed by atoms with Gasteiger partial charge in [-0.25, -0.2) is 18.0 Å². The number of halogens is 4. The number of nitrogens with zero attached hydrogens (tertiary/aromatic N) is 1. The van der Waals surface area contributed by atoms with Gasteiger partial charge in [0.15, 0.2) is 11.6 Å². The van der Waals surface area contributed by atoms with Gasteiger partial charge in [-0.1, -0.05) is 17.7 Å². The number of carboxylic acid groups (broad SMARTS) is 1. The number of amides is 1. The summed E-state index contributed by atoms with van der Waals surface area (Å²) >= 11 is 5.80. The lowest BCUT2D eigenvalue weighted by atomic mass is 10.1. The summed E-state index contributed by atoms with van der Waals surface area (Å²) < 4.78 is 46.0. The predicted octanol–water partition coefficient (Wildman–Crippen LogP) is 4.85. The molecule has 5 nitrogen and oxygen atoms in total. The van der Waals surface area contributed by atoms with Crippen molar-refractivity contribution in [3.8, 4) is 17.6 Å². The van der Waals surface area contributed by atoms with Gasteiger partial charge in [0.2, 0.25) is 0 Å². The van der Waals surface area contributed by atoms with Crippen LogP contribution in [0.15, 0.2) is 30.3 Å². The number of carbonyl (C=O) groups is 1. The molecule has 2 rings (SSSR count). The van der Waals surface area contributed by atoms with Crippen LogP contribution in [0.5, 0.6) is 11.5 Å². The van der Waals surface area contributed by atoms with Crippen LogP contribution in [0.4, 0.5) is 18.0 Å². The van der Waals surface area contributed by atoms with Gasteiger partial charge in [-0.2, -0.15) is 5.26 Å². The van der Waals surface area contributed by atoms with Crippen molar-refractivity contribution in [3.63, 3.8) is 0 Å². The van der Waals surface area contributed by atoms with Gasteiger partial charge < -0.3 is 15.2 Å². The first-order chi connectivity index (χ1) is 11.8. The first-order valence-corrected chi connectivity index (χ1v) is 7.14. The molecule has 130 valence electrons. The third-order valence-electron chi connectivity index (χ3n) is 3.09. The Labute approximate surface area is 145 Å². The van der Waals surface area contributed by atoms with Crippen LogP contribution in [-0.4, -0.2) is 11.2 Å². The van der Waals surface area contributed by atoms with E-state index in [9.17, 15) is 18.0 Å². The van der Waals surface area contributed by atoms with Crippen molar-refractivity contribution in [1.29, 1.82) is 5.26 Å². The van der Waals surface area contributed by atoms with Crippen molar-refractivity contribution in [2.45, 2.75) is 13.0 Å². The van der Waals surface area contributed by atoms with Crippen molar-refractivity contribution < 1.29 is 27.8 Å². The summed E-state index contributed by atoms with van der Waals surface area (Å²) in [7, 11) is 0. The van der Waals surface area contributed by atoms with Crippen molar-refractivity contribution >= 4 is 17.7 Å². The number of hydrogen-bond acceptors (Lipinski definition) is 3. The van der Waals surface area contributed by atoms with Gasteiger partial charge in [0.25, 0.3) is 6.43 Å². The van der Waals surface area contributed by atoms with E-state index >= 15 is 0 Å². The highest BCUT2D eigenvalue weighted by Gasteiger charge is 2.22. The number of alkyl halides is 2. The molecule has 2 aromatic rings. The molecule has 2 aromatic carbocycles. The van der Waals surface area contributed by atoms with E-state index in [1.807, 2.05) is 11.4 Å². The highest BCUT2D eigenvalue weighted by molar-refractivity contribution is 6.30. The Hall–Kier alpha value is -2.92. The molecule has 2 N–H and O–H groups in total. The lowest BCUT2D eigenvalue weighted by molar-refractivity contribution is 0.147. The Balaban J connectivity index is 2.46. The summed E-state index contributed by atoms with van der Waals surface area (Å²) in [4.78, 5) is 10.5. The Morgan fingerprint density at radius 2 is 2.08 bits per heavy atom. The fraction of sp³-hybridized carbons (Fsp3) is 0.125. The standard InChI is InChI=1S/C16H10ClF3N2O3/c17-10-3-8(6-21)4-11(5-10)25-14-12(15(19)20)2-1-9(13(14)18)7-22-16(23)24/h1-5,15,22H,7H2,(H,23,24). The van der Waals surface area contributed by atoms with E-state index < -0.39 is 36.2 Å². The Morgan fingerprint density at radius 3 is 2.68 bits per heavy atom. The second kappa shape index (κ2) is 7.77. The van der Waals surface area contributed by atoms with Gasteiger partial charge in [0, 0.05) is 17.1 Å². The first-order valence-electron chi connectivity index (χ1n) is 6.76. The normalized spacial score (nSPS) is 10.4. The van der Waals surface area contributed by atoms with Crippen LogP contribution < -0.4 is 10.1 Å². The van der Waals surface area contributed by atoms with Crippen LogP contribution in [0.1, 0.15) is 23.1 Å². The largest absolute Gasteiger partial charge is 0.465 e. The number of benzene rings is 2. The summed E-state index contributed by atoms with van der Waals surface area (Å²) in [6.45, 7) is -0.431. The average molecular weight is 371 g/mol. The fourth-order valence-corrected chi connectivity index (χ4v) is 2.22. The summed E-state index contributed by atoms with van der Waals surface area (Å²) in [5.74, 6) is -2.00. The van der Waals surface area contributed by atoms with E-state index in [1.165, 1.54) is 18.2 Å². The molecule has 25 heavy (non-hydrogen) atoms. The molecule has 0 unspecified atom stereocenters. The zero-order valence-electron chi connectivity index (χ0n) is 12.4. The minimum Gasteiger partial charge on any atom is -0.465 e. The minimum absolute atomic E-state index is 0.102. The van der Waals surface area contributed by atoms with E-state index in [0.717, 1.165) is 12.1 Å². The second-order valence-corrected chi connectivity index (χ2v) is 5.24. The maximum atomic E-state index is 14.5. The highest BCUT2D eigenvalue weighted by Crippen LogP contribution is 2.37. The molecule has 0 heterocycles. The summed E-state index contributed by atoms with van der Waals surface area (Å²) in [6, 6.07) is 7.56. The molecule has 0 saturated carbocycles. The SMILES string of the molecule is N#Cc1cc(Cl)cc(Oc2c(C(F)F)ccc(CNC(=O)O)c2F)c1. The molecule has 0 aromatic heterocycles. The number of hydrogen-bond donors (Lipinski definition) is 2. The van der Waals surface area contributed by atoms with E-state index in [4.69, 9.17) is 26.7 Å². The lowest BCUT2D eigenvalue weighted by Crippen LogP contribution is -2.20. The third kappa shape index (κ3) is 4.55. The second-order valence-electron chi connectivity index (χ2n) is 4.81. The average Bonchev–Trinajstić information content (AvgIpc) is 2.54. The van der Waals surface area contributed by atoms with Gasteiger partial charge in [-0.15, -0.1) is 0 Å². The van der Waals surface area contributed by atoms with Crippen molar-refractivity contribution in [1.82, 2.24) is 5.32 Å². The van der Waals surface area contributed by atoms with Crippen molar-refractivity contribution in [3.05, 3.63) is 57.9 Å². The smallest absolute Gasteiger partial charge is 0.404 e. The fourth-order valence-electron chi connectivity index (χ4n) is 2.00. The molecule has 0 radical (unpaired) electrons. The monoisotopic (exact) mass is 370 g/mol. The van der Waals surface area contributed by atoms with Gasteiger partial charge >= 0.3 is 6.09 Å². The summed E-state index contributed by atoms with van der Waals surface area (Å²) in [5.41, 5.74) is -0.787. The number of nitriles is 1. The molecule has 1 amide bonds. The van der Waals surface area contributed by atoms with Gasteiger partial charge in [0.05, 0.1) is 17.2 Å². The van der Waals surface area contributed by atoms with E-state index in [-0.39, 0.29) is 21.9 Å². The van der Waals surface area contributed by atoms with Crippen LogP contribution in [0, 0.1) is 17.1 Å². The van der Waals surface area contributed by atoms with E-state index in [2.05, 4.69) is 0 Å². The quantitative estimate of drug-likeness (QED) is 0.788. The molecule has 0 aliphatic heterocycles. The van der Waals surface area contributed by atoms with Gasteiger partial charge in [0.1, 0.15) is 5.75 Å². The third-order valence-corrected chi connectivity index (χ3v) is 3.31. The molecule has 0 fully saturated rings. The van der Waals surface area contributed by atoms with Crippen LogP contribution in [0.25, 0.3) is 0 Å². The van der Waals surface area contributed by atoms with Crippen molar-refractivity contribution in [2.24, 2.45) is 0 Å². The lowest BCUT2D eigenvalue weighted by Gasteiger charge is -2.15. The maximum absolute atomic E-state index is 14.5. The molecule has 9 heteroatoms. The Bertz CT molecular complexity index is 853. The molecule has 0 atom stereocenters. The number of ether oxygens (including phenoxy) is 1. The zero-order valence-corrected chi connectivity index (χ0v) is 13.1. The van der Waals surface area contributed by atoms with E-state index in [0.29, 0.717) is 0 Å². The van der Waals surface area contributed by atoms with Crippen LogP contribution in [-0.2, 0) is 6.54 Å². The molecule has 0 bridgehead atoms. The van der Waals surface area contributed by atoms with Crippen LogP contribution in [0.2, 0.25) is 5.02 Å².